The molecule has 1 fully saturated rings. The van der Waals surface area contributed by atoms with Gasteiger partial charge in [-0.15, -0.1) is 12.4 Å². The highest BCUT2D eigenvalue weighted by molar-refractivity contribution is 6.32. The van der Waals surface area contributed by atoms with Crippen LogP contribution in [0.15, 0.2) is 18.2 Å². The lowest BCUT2D eigenvalue weighted by atomic mass is 9.79. The predicted molar refractivity (Wildman–Crippen MR) is 91.8 cm³/mol. The Kier molecular flexibility index (Phi) is 7.38. The number of alkyl halides is 3. The average molecular weight is 387 g/mol. The van der Waals surface area contributed by atoms with E-state index in [1.54, 1.807) is 6.07 Å². The first kappa shape index (κ1) is 21.5. The summed E-state index contributed by atoms with van der Waals surface area (Å²) >= 11 is 6.13. The highest BCUT2D eigenvalue weighted by Crippen LogP contribution is 2.44. The number of piperazine rings is 1. The molecule has 0 unspecified atom stereocenters. The van der Waals surface area contributed by atoms with Gasteiger partial charge in [0.05, 0.1) is 10.6 Å². The molecule has 1 aliphatic heterocycles. The highest BCUT2D eigenvalue weighted by Gasteiger charge is 2.40. The third-order valence-electron chi connectivity index (χ3n) is 4.29. The maximum absolute atomic E-state index is 13.2. The third-order valence-corrected chi connectivity index (χ3v) is 4.71. The van der Waals surface area contributed by atoms with Crippen molar-refractivity contribution in [3.05, 3.63) is 34.3 Å². The molecule has 1 aromatic carbocycles. The maximum atomic E-state index is 13.2. The molecule has 3 nitrogen and oxygen atoms in total. The van der Waals surface area contributed by atoms with Gasteiger partial charge in [0.2, 0.25) is 0 Å². The fourth-order valence-corrected chi connectivity index (χ4v) is 3.46. The molecule has 1 atom stereocenters. The van der Waals surface area contributed by atoms with Crippen molar-refractivity contribution in [3.8, 4) is 0 Å². The van der Waals surface area contributed by atoms with Gasteiger partial charge in [0, 0.05) is 44.2 Å². The molecule has 8 heteroatoms. The number of rotatable bonds is 4. The monoisotopic (exact) mass is 386 g/mol. The molecular weight excluding hydrogens is 364 g/mol. The molecule has 138 valence electrons. The minimum atomic E-state index is -4.50. The summed E-state index contributed by atoms with van der Waals surface area (Å²) in [5.74, 6) is 0. The largest absolute Gasteiger partial charge is 0.417 e. The van der Waals surface area contributed by atoms with Gasteiger partial charge in [-0.1, -0.05) is 37.6 Å². The number of hydrogen-bond donors (Lipinski definition) is 2. The van der Waals surface area contributed by atoms with Crippen LogP contribution in [0.1, 0.15) is 31.0 Å². The Labute approximate surface area is 151 Å². The van der Waals surface area contributed by atoms with Crippen LogP contribution in [-0.4, -0.2) is 42.8 Å². The predicted octanol–water partition coefficient (Wildman–Crippen LogP) is 3.75. The smallest absolute Gasteiger partial charge is 0.396 e. The van der Waals surface area contributed by atoms with E-state index in [9.17, 15) is 18.3 Å². The molecule has 2 rings (SSSR count). The molecule has 1 aliphatic rings. The van der Waals surface area contributed by atoms with Gasteiger partial charge in [-0.05, 0) is 11.6 Å². The lowest BCUT2D eigenvalue weighted by Crippen LogP contribution is -2.49. The van der Waals surface area contributed by atoms with Crippen molar-refractivity contribution in [1.82, 2.24) is 10.2 Å². The Hall–Kier alpha value is -0.530. The van der Waals surface area contributed by atoms with Crippen molar-refractivity contribution >= 4 is 24.0 Å². The first-order valence-electron chi connectivity index (χ1n) is 7.59. The van der Waals surface area contributed by atoms with Gasteiger partial charge in [0.25, 0.3) is 0 Å². The number of benzene rings is 1. The van der Waals surface area contributed by atoms with Gasteiger partial charge in [-0.25, -0.2) is 0 Å². The lowest BCUT2D eigenvalue weighted by Gasteiger charge is -2.44. The van der Waals surface area contributed by atoms with Crippen LogP contribution in [0.25, 0.3) is 0 Å². The van der Waals surface area contributed by atoms with Crippen molar-refractivity contribution in [2.75, 3.05) is 32.8 Å². The summed E-state index contributed by atoms with van der Waals surface area (Å²) in [4.78, 5) is 2.09. The zero-order valence-electron chi connectivity index (χ0n) is 13.7. The van der Waals surface area contributed by atoms with Crippen molar-refractivity contribution in [3.63, 3.8) is 0 Å². The van der Waals surface area contributed by atoms with E-state index >= 15 is 0 Å². The lowest BCUT2D eigenvalue weighted by molar-refractivity contribution is -0.137. The van der Waals surface area contributed by atoms with Crippen LogP contribution in [0.2, 0.25) is 5.02 Å². The quantitative estimate of drug-likeness (QED) is 0.826. The van der Waals surface area contributed by atoms with Crippen molar-refractivity contribution in [2.45, 2.75) is 26.1 Å². The maximum Gasteiger partial charge on any atom is 0.417 e. The van der Waals surface area contributed by atoms with Gasteiger partial charge >= 0.3 is 6.18 Å². The fourth-order valence-electron chi connectivity index (χ4n) is 3.12. The van der Waals surface area contributed by atoms with Gasteiger partial charge < -0.3 is 10.4 Å². The highest BCUT2D eigenvalue weighted by atomic mass is 35.5. The third kappa shape index (κ3) is 4.55. The Bertz CT molecular complexity index is 547. The number of nitrogens with one attached hydrogen (secondary N) is 1. The SMILES string of the molecule is CC(C)(CO)[C@H](c1cccc(C(F)(F)F)c1Cl)N1CCNCC1.Cl. The molecule has 0 aliphatic carbocycles. The zero-order valence-corrected chi connectivity index (χ0v) is 15.2. The summed E-state index contributed by atoms with van der Waals surface area (Å²) < 4.78 is 39.5. The van der Waals surface area contributed by atoms with Crippen LogP contribution >= 0.6 is 24.0 Å². The Morgan fingerprint density at radius 1 is 1.25 bits per heavy atom. The van der Waals surface area contributed by atoms with Gasteiger partial charge in [-0.2, -0.15) is 13.2 Å². The summed E-state index contributed by atoms with van der Waals surface area (Å²) in [5.41, 5.74) is -1.03. The fraction of sp³-hybridized carbons (Fsp3) is 0.625. The molecule has 1 aromatic rings. The van der Waals surface area contributed by atoms with E-state index in [0.717, 1.165) is 19.2 Å². The number of aliphatic hydroxyl groups is 1. The molecule has 0 spiro atoms. The molecule has 24 heavy (non-hydrogen) atoms. The van der Waals surface area contributed by atoms with Gasteiger partial charge in [0.1, 0.15) is 0 Å². The number of aliphatic hydroxyl groups excluding tert-OH is 1. The zero-order chi connectivity index (χ0) is 17.3. The first-order valence-corrected chi connectivity index (χ1v) is 7.97. The number of hydrogen-bond acceptors (Lipinski definition) is 3. The van der Waals surface area contributed by atoms with Crippen LogP contribution in [0.4, 0.5) is 13.2 Å². The van der Waals surface area contributed by atoms with E-state index in [2.05, 4.69) is 10.2 Å². The van der Waals surface area contributed by atoms with Gasteiger partial charge in [0.15, 0.2) is 0 Å². The van der Waals surface area contributed by atoms with E-state index in [-0.39, 0.29) is 30.1 Å². The second-order valence-electron chi connectivity index (χ2n) is 6.54. The van der Waals surface area contributed by atoms with Crippen molar-refractivity contribution in [1.29, 1.82) is 0 Å². The first-order chi connectivity index (χ1) is 10.7. The second-order valence-corrected chi connectivity index (χ2v) is 6.92. The van der Waals surface area contributed by atoms with E-state index in [1.807, 2.05) is 13.8 Å². The molecule has 1 saturated heterocycles. The minimum Gasteiger partial charge on any atom is -0.396 e. The normalized spacial score (nSPS) is 18.1. The molecule has 0 amide bonds. The van der Waals surface area contributed by atoms with E-state index in [4.69, 9.17) is 11.6 Å². The second kappa shape index (κ2) is 8.23. The Morgan fingerprint density at radius 2 is 1.83 bits per heavy atom. The summed E-state index contributed by atoms with van der Waals surface area (Å²) in [5, 5.41) is 12.7. The Morgan fingerprint density at radius 3 is 2.33 bits per heavy atom. The van der Waals surface area contributed by atoms with Crippen LogP contribution in [0.5, 0.6) is 0 Å². The average Bonchev–Trinajstić information content (AvgIpc) is 2.49. The van der Waals surface area contributed by atoms with E-state index in [0.29, 0.717) is 18.7 Å². The Balaban J connectivity index is 0.00000288. The van der Waals surface area contributed by atoms with Crippen LogP contribution < -0.4 is 5.32 Å². The molecule has 0 aromatic heterocycles. The number of nitrogens with zero attached hydrogens (tertiary/aromatic N) is 1. The standard InChI is InChI=1S/C16H22ClF3N2O.ClH/c1-15(2,10-23)14(22-8-6-21-7-9-22)11-4-3-5-12(13(11)17)16(18,19)20;/h3-5,14,21,23H,6-10H2,1-2H3;1H/t14-;/m0./s1. The van der Waals surface area contributed by atoms with E-state index in [1.165, 1.54) is 6.07 Å². The molecule has 2 N–H and O–H groups in total. The molecule has 0 radical (unpaired) electrons. The molecule has 1 heterocycles. The molecule has 0 saturated carbocycles. The van der Waals surface area contributed by atoms with Crippen molar-refractivity contribution < 1.29 is 18.3 Å². The number of halogens is 5. The topological polar surface area (TPSA) is 35.5 Å². The van der Waals surface area contributed by atoms with Crippen molar-refractivity contribution in [2.24, 2.45) is 5.41 Å². The van der Waals surface area contributed by atoms with Crippen LogP contribution in [0, 0.1) is 5.41 Å². The summed E-state index contributed by atoms with van der Waals surface area (Å²) in [7, 11) is 0. The minimum absolute atomic E-state index is 0. The molecule has 0 bridgehead atoms. The van der Waals surface area contributed by atoms with E-state index < -0.39 is 17.2 Å². The summed E-state index contributed by atoms with van der Waals surface area (Å²) in [6.07, 6.45) is -4.50. The molecular formula is C16H23Cl2F3N2O. The van der Waals surface area contributed by atoms with Crippen LogP contribution in [-0.2, 0) is 6.18 Å². The van der Waals surface area contributed by atoms with Crippen LogP contribution in [0.3, 0.4) is 0 Å². The summed E-state index contributed by atoms with van der Waals surface area (Å²) in [6, 6.07) is 3.62. The van der Waals surface area contributed by atoms with Gasteiger partial charge in [-0.3, -0.25) is 4.90 Å². The summed E-state index contributed by atoms with van der Waals surface area (Å²) in [6.45, 7) is 6.45.